The van der Waals surface area contributed by atoms with Gasteiger partial charge in [-0.3, -0.25) is 9.74 Å². The highest BCUT2D eigenvalue weighted by atomic mass is 16.6. The topological polar surface area (TPSA) is 61.8 Å². The van der Waals surface area contributed by atoms with Gasteiger partial charge in [-0.2, -0.15) is 5.48 Å². The zero-order valence-corrected chi connectivity index (χ0v) is 11.2. The van der Waals surface area contributed by atoms with E-state index in [1.54, 1.807) is 6.08 Å². The normalized spacial score (nSPS) is 24.1. The Labute approximate surface area is 108 Å². The molecule has 2 atom stereocenters. The van der Waals surface area contributed by atoms with Gasteiger partial charge in [0.25, 0.3) is 0 Å². The van der Waals surface area contributed by atoms with Crippen LogP contribution in [0.4, 0.5) is 4.79 Å². The van der Waals surface area contributed by atoms with Crippen molar-refractivity contribution in [2.75, 3.05) is 13.2 Å². The summed E-state index contributed by atoms with van der Waals surface area (Å²) < 4.78 is 0. The van der Waals surface area contributed by atoms with E-state index in [2.05, 4.69) is 12.1 Å². The molecule has 0 aromatic heterocycles. The molecule has 0 aromatic rings. The van der Waals surface area contributed by atoms with E-state index in [-0.39, 0.29) is 17.5 Å². The van der Waals surface area contributed by atoms with E-state index in [1.807, 2.05) is 32.9 Å². The van der Waals surface area contributed by atoms with Crippen LogP contribution in [-0.2, 0) is 4.84 Å². The van der Waals surface area contributed by atoms with Crippen LogP contribution in [0.2, 0.25) is 0 Å². The molecule has 0 aliphatic carbocycles. The van der Waals surface area contributed by atoms with Crippen LogP contribution in [0, 0.1) is 5.41 Å². The van der Waals surface area contributed by atoms with Gasteiger partial charge < -0.3 is 5.11 Å². The lowest BCUT2D eigenvalue weighted by Crippen LogP contribution is -2.59. The molecule has 0 fully saturated rings. The van der Waals surface area contributed by atoms with Crippen LogP contribution in [0.3, 0.4) is 0 Å². The number of hydroxylamine groups is 1. The van der Waals surface area contributed by atoms with Crippen molar-refractivity contribution in [2.24, 2.45) is 5.41 Å². The number of nitrogens with one attached hydrogen (secondary N) is 1. The number of hydrogen-bond donors (Lipinski definition) is 2. The monoisotopic (exact) mass is 254 g/mol. The number of hydrogen-bond acceptors (Lipinski definition) is 3. The Bertz CT molecular complexity index is 334. The summed E-state index contributed by atoms with van der Waals surface area (Å²) in [6, 6.07) is -0.334. The SMILES string of the molecule is C=CCONC1C=CCN(C(=O)O)C1C(C)(C)C. The van der Waals surface area contributed by atoms with E-state index in [9.17, 15) is 9.90 Å². The van der Waals surface area contributed by atoms with E-state index < -0.39 is 6.09 Å². The van der Waals surface area contributed by atoms with Crippen molar-refractivity contribution in [1.82, 2.24) is 10.4 Å². The summed E-state index contributed by atoms with van der Waals surface area (Å²) in [4.78, 5) is 18.0. The molecule has 0 saturated carbocycles. The van der Waals surface area contributed by atoms with Gasteiger partial charge in [-0.05, 0) is 5.41 Å². The molecule has 0 radical (unpaired) electrons. The summed E-state index contributed by atoms with van der Waals surface area (Å²) in [5, 5.41) is 9.27. The van der Waals surface area contributed by atoms with E-state index in [4.69, 9.17) is 4.84 Å². The van der Waals surface area contributed by atoms with Gasteiger partial charge in [0.1, 0.15) is 0 Å². The van der Waals surface area contributed by atoms with Gasteiger partial charge in [-0.1, -0.05) is 39.0 Å². The molecule has 0 spiro atoms. The Hall–Kier alpha value is -1.33. The van der Waals surface area contributed by atoms with Gasteiger partial charge in [0.05, 0.1) is 18.7 Å². The van der Waals surface area contributed by atoms with Crippen molar-refractivity contribution in [1.29, 1.82) is 0 Å². The lowest BCUT2D eigenvalue weighted by atomic mass is 9.80. The van der Waals surface area contributed by atoms with E-state index >= 15 is 0 Å². The Morgan fingerprint density at radius 1 is 1.67 bits per heavy atom. The first-order chi connectivity index (χ1) is 8.38. The average Bonchev–Trinajstić information content (AvgIpc) is 2.27. The lowest BCUT2D eigenvalue weighted by molar-refractivity contribution is -0.00696. The molecule has 18 heavy (non-hydrogen) atoms. The van der Waals surface area contributed by atoms with Gasteiger partial charge in [-0.25, -0.2) is 4.79 Å². The summed E-state index contributed by atoms with van der Waals surface area (Å²) in [6.07, 6.45) is 4.53. The number of amides is 1. The number of carboxylic acid groups (broad SMARTS) is 1. The first kappa shape index (κ1) is 14.7. The van der Waals surface area contributed by atoms with Crippen LogP contribution in [0.25, 0.3) is 0 Å². The van der Waals surface area contributed by atoms with E-state index in [1.165, 1.54) is 4.90 Å². The summed E-state index contributed by atoms with van der Waals surface area (Å²) in [7, 11) is 0. The number of rotatable bonds is 4. The maximum atomic E-state index is 11.3. The molecule has 5 heteroatoms. The molecule has 0 aromatic carbocycles. The summed E-state index contributed by atoms with van der Waals surface area (Å²) in [5.74, 6) is 0. The first-order valence-electron chi connectivity index (χ1n) is 6.02. The maximum Gasteiger partial charge on any atom is 0.407 e. The second-order valence-corrected chi connectivity index (χ2v) is 5.42. The van der Waals surface area contributed by atoms with Gasteiger partial charge >= 0.3 is 6.09 Å². The highest BCUT2D eigenvalue weighted by Crippen LogP contribution is 2.30. The van der Waals surface area contributed by atoms with Gasteiger partial charge in [-0.15, -0.1) is 6.58 Å². The molecule has 1 rings (SSSR count). The molecule has 1 aliphatic heterocycles. The van der Waals surface area contributed by atoms with Crippen LogP contribution >= 0.6 is 0 Å². The average molecular weight is 254 g/mol. The fourth-order valence-corrected chi connectivity index (χ4v) is 2.24. The third-order valence-electron chi connectivity index (χ3n) is 2.88. The van der Waals surface area contributed by atoms with Crippen LogP contribution in [0.15, 0.2) is 24.8 Å². The zero-order valence-electron chi connectivity index (χ0n) is 11.2. The lowest BCUT2D eigenvalue weighted by Gasteiger charge is -2.44. The van der Waals surface area contributed by atoms with E-state index in [0.717, 1.165) is 0 Å². The summed E-state index contributed by atoms with van der Waals surface area (Å²) in [6.45, 7) is 10.4. The minimum atomic E-state index is -0.908. The molecule has 5 nitrogen and oxygen atoms in total. The molecule has 2 unspecified atom stereocenters. The Kier molecular flexibility index (Phi) is 4.93. The second kappa shape index (κ2) is 6.02. The van der Waals surface area contributed by atoms with Crippen molar-refractivity contribution in [3.63, 3.8) is 0 Å². The fraction of sp³-hybridized carbons (Fsp3) is 0.615. The third kappa shape index (κ3) is 3.58. The standard InChI is InChI=1S/C13H22N2O3/c1-5-9-18-14-10-7-6-8-15(12(16)17)11(10)13(2,3)4/h5-7,10-11,14H,1,8-9H2,2-4H3,(H,16,17). The summed E-state index contributed by atoms with van der Waals surface area (Å²) >= 11 is 0. The quantitative estimate of drug-likeness (QED) is 0.458. The molecule has 2 N–H and O–H groups in total. The molecular formula is C13H22N2O3. The van der Waals surface area contributed by atoms with Crippen molar-refractivity contribution in [2.45, 2.75) is 32.9 Å². The van der Waals surface area contributed by atoms with Gasteiger partial charge in [0.2, 0.25) is 0 Å². The van der Waals surface area contributed by atoms with Crippen LogP contribution in [0.1, 0.15) is 20.8 Å². The van der Waals surface area contributed by atoms with Crippen LogP contribution in [0.5, 0.6) is 0 Å². The zero-order chi connectivity index (χ0) is 13.8. The molecule has 1 aliphatic rings. The van der Waals surface area contributed by atoms with Crippen LogP contribution in [-0.4, -0.2) is 41.3 Å². The highest BCUT2D eigenvalue weighted by molar-refractivity contribution is 5.66. The smallest absolute Gasteiger partial charge is 0.407 e. The Balaban J connectivity index is 2.85. The molecule has 0 saturated heterocycles. The third-order valence-corrected chi connectivity index (χ3v) is 2.88. The predicted octanol–water partition coefficient (Wildman–Crippen LogP) is 2.03. The Morgan fingerprint density at radius 3 is 2.83 bits per heavy atom. The highest BCUT2D eigenvalue weighted by Gasteiger charge is 2.39. The Morgan fingerprint density at radius 2 is 2.33 bits per heavy atom. The van der Waals surface area contributed by atoms with Gasteiger partial charge in [0.15, 0.2) is 0 Å². The molecular weight excluding hydrogens is 232 g/mol. The van der Waals surface area contributed by atoms with E-state index in [0.29, 0.717) is 13.2 Å². The van der Waals surface area contributed by atoms with Crippen molar-refractivity contribution < 1.29 is 14.7 Å². The molecule has 1 amide bonds. The second-order valence-electron chi connectivity index (χ2n) is 5.42. The van der Waals surface area contributed by atoms with Crippen molar-refractivity contribution in [3.05, 3.63) is 24.8 Å². The predicted molar refractivity (Wildman–Crippen MR) is 70.2 cm³/mol. The van der Waals surface area contributed by atoms with Gasteiger partial charge in [0, 0.05) is 6.54 Å². The maximum absolute atomic E-state index is 11.3. The van der Waals surface area contributed by atoms with Crippen molar-refractivity contribution in [3.8, 4) is 0 Å². The minimum absolute atomic E-state index is 0.158. The number of nitrogens with zero attached hydrogens (tertiary/aromatic N) is 1. The minimum Gasteiger partial charge on any atom is -0.465 e. The molecule has 0 bridgehead atoms. The largest absolute Gasteiger partial charge is 0.465 e. The fourth-order valence-electron chi connectivity index (χ4n) is 2.24. The van der Waals surface area contributed by atoms with Crippen LogP contribution < -0.4 is 5.48 Å². The molecule has 102 valence electrons. The summed E-state index contributed by atoms with van der Waals surface area (Å²) in [5.41, 5.74) is 2.72. The number of carbonyl (C=O) groups is 1. The molecule has 1 heterocycles. The van der Waals surface area contributed by atoms with Crippen molar-refractivity contribution >= 4 is 6.09 Å². The first-order valence-corrected chi connectivity index (χ1v) is 6.02.